The Morgan fingerprint density at radius 3 is 2.08 bits per heavy atom. The SMILES string of the molecule is O=S(=O)(O)NC1CC2C(COS(=O)(=O)O)OC1CC2OS(=O)(=O)O. The zero-order valence-corrected chi connectivity index (χ0v) is 14.2. The van der Waals surface area contributed by atoms with Crippen LogP contribution in [0.3, 0.4) is 0 Å². The normalized spacial score (nSPS) is 34.4. The molecule has 3 rings (SSSR count). The lowest BCUT2D eigenvalue weighted by molar-refractivity contribution is -0.186. The molecule has 24 heavy (non-hydrogen) atoms. The maximum atomic E-state index is 10.9. The summed E-state index contributed by atoms with van der Waals surface area (Å²) in [7, 11) is -14.2. The van der Waals surface area contributed by atoms with E-state index < -0.39 is 68.0 Å². The molecule has 13 nitrogen and oxygen atoms in total. The second-order valence-corrected chi connectivity index (χ2v) is 8.65. The maximum absolute atomic E-state index is 10.9. The summed E-state index contributed by atoms with van der Waals surface area (Å²) in [5.74, 6) is -0.905. The monoisotopic (exact) mass is 413 g/mol. The molecule has 2 saturated heterocycles. The van der Waals surface area contributed by atoms with Gasteiger partial charge in [-0.05, 0) is 6.42 Å². The molecule has 2 bridgehead atoms. The summed E-state index contributed by atoms with van der Waals surface area (Å²) < 4.78 is 107. The minimum atomic E-state index is -4.82. The zero-order valence-electron chi connectivity index (χ0n) is 11.7. The second kappa shape index (κ2) is 6.71. The standard InChI is InChI=1S/C8H15NO12S3/c10-22(11,12)9-5-1-4-6(21-24(16,17)18)2-7(5)20-8(4)3-19-23(13,14)15/h4-9H,1-3H2,(H,10,11,12)(H,13,14,15)(H,16,17,18). The van der Waals surface area contributed by atoms with Crippen molar-refractivity contribution in [2.24, 2.45) is 5.92 Å². The molecule has 0 aromatic rings. The van der Waals surface area contributed by atoms with Crippen molar-refractivity contribution in [1.29, 1.82) is 0 Å². The molecular weight excluding hydrogens is 398 g/mol. The zero-order chi connectivity index (χ0) is 18.3. The van der Waals surface area contributed by atoms with Gasteiger partial charge in [-0.1, -0.05) is 0 Å². The van der Waals surface area contributed by atoms with Crippen LogP contribution in [0.5, 0.6) is 0 Å². The van der Waals surface area contributed by atoms with Gasteiger partial charge in [0.15, 0.2) is 0 Å². The van der Waals surface area contributed by atoms with Gasteiger partial charge in [0.05, 0.1) is 31.0 Å². The van der Waals surface area contributed by atoms with Crippen LogP contribution in [0.25, 0.3) is 0 Å². The maximum Gasteiger partial charge on any atom is 0.397 e. The van der Waals surface area contributed by atoms with Crippen molar-refractivity contribution in [3.63, 3.8) is 0 Å². The average molecular weight is 413 g/mol. The van der Waals surface area contributed by atoms with Gasteiger partial charge >= 0.3 is 31.1 Å². The predicted octanol–water partition coefficient (Wildman–Crippen LogP) is -2.07. The molecule has 1 saturated carbocycles. The molecule has 0 spiro atoms. The van der Waals surface area contributed by atoms with Crippen molar-refractivity contribution in [1.82, 2.24) is 4.72 Å². The lowest BCUT2D eigenvalue weighted by Crippen LogP contribution is -2.62. The van der Waals surface area contributed by atoms with E-state index in [4.69, 9.17) is 18.4 Å². The van der Waals surface area contributed by atoms with Crippen LogP contribution in [-0.4, -0.2) is 69.9 Å². The Hall–Kier alpha value is -0.430. The minimum Gasteiger partial charge on any atom is -0.370 e. The Kier molecular flexibility index (Phi) is 5.56. The largest absolute Gasteiger partial charge is 0.397 e. The first-order valence-corrected chi connectivity index (χ1v) is 10.6. The fourth-order valence-electron chi connectivity index (χ4n) is 2.93. The molecule has 2 heterocycles. The van der Waals surface area contributed by atoms with Gasteiger partial charge in [0.25, 0.3) is 0 Å². The summed E-state index contributed by atoms with van der Waals surface area (Å²) in [6.45, 7) is -0.677. The topological polar surface area (TPSA) is 203 Å². The Morgan fingerprint density at radius 1 is 1.00 bits per heavy atom. The van der Waals surface area contributed by atoms with E-state index in [1.165, 1.54) is 0 Å². The van der Waals surface area contributed by atoms with Gasteiger partial charge < -0.3 is 4.74 Å². The highest BCUT2D eigenvalue weighted by molar-refractivity contribution is 7.83. The first-order chi connectivity index (χ1) is 10.7. The van der Waals surface area contributed by atoms with Crippen LogP contribution in [0.15, 0.2) is 0 Å². The summed E-state index contributed by atoms with van der Waals surface area (Å²) >= 11 is 0. The van der Waals surface area contributed by atoms with Crippen LogP contribution >= 0.6 is 0 Å². The second-order valence-electron chi connectivity index (χ2n) is 5.32. The number of rotatable bonds is 7. The van der Waals surface area contributed by atoms with Crippen LogP contribution in [0.4, 0.5) is 0 Å². The van der Waals surface area contributed by atoms with Crippen molar-refractivity contribution in [3.8, 4) is 0 Å². The fraction of sp³-hybridized carbons (Fsp3) is 1.00. The van der Waals surface area contributed by atoms with E-state index >= 15 is 0 Å². The molecule has 0 aromatic carbocycles. The minimum absolute atomic E-state index is 0.0931. The highest BCUT2D eigenvalue weighted by Gasteiger charge is 2.51. The molecule has 16 heteroatoms. The highest BCUT2D eigenvalue weighted by atomic mass is 32.3. The fourth-order valence-corrected chi connectivity index (χ4v) is 4.40. The van der Waals surface area contributed by atoms with Crippen molar-refractivity contribution in [2.45, 2.75) is 37.2 Å². The molecule has 1 aliphatic carbocycles. The predicted molar refractivity (Wildman–Crippen MR) is 73.8 cm³/mol. The number of hydrogen-bond acceptors (Lipinski definition) is 9. The molecule has 0 radical (unpaired) electrons. The summed E-state index contributed by atoms with van der Waals surface area (Å²) in [4.78, 5) is 0. The molecule has 2 aliphatic heterocycles. The number of nitrogens with one attached hydrogen (secondary N) is 1. The number of ether oxygens (including phenoxy) is 1. The third kappa shape index (κ3) is 5.83. The average Bonchev–Trinajstić information content (AvgIpc) is 2.33. The van der Waals surface area contributed by atoms with E-state index in [1.807, 2.05) is 4.72 Å². The van der Waals surface area contributed by atoms with Gasteiger partial charge in [-0.25, -0.2) is 8.37 Å². The van der Waals surface area contributed by atoms with Gasteiger partial charge in [-0.2, -0.15) is 30.0 Å². The third-order valence-corrected chi connectivity index (χ3v) is 5.20. The van der Waals surface area contributed by atoms with Crippen LogP contribution < -0.4 is 4.72 Å². The highest BCUT2D eigenvalue weighted by Crippen LogP contribution is 2.40. The van der Waals surface area contributed by atoms with E-state index in [-0.39, 0.29) is 12.8 Å². The van der Waals surface area contributed by atoms with E-state index in [2.05, 4.69) is 8.37 Å². The number of fused-ring (bicyclic) bond motifs is 3. The molecule has 0 amide bonds. The third-order valence-electron chi connectivity index (χ3n) is 3.67. The van der Waals surface area contributed by atoms with E-state index in [0.717, 1.165) is 0 Å². The van der Waals surface area contributed by atoms with Crippen molar-refractivity contribution in [3.05, 3.63) is 0 Å². The van der Waals surface area contributed by atoms with Crippen LogP contribution in [-0.2, 0) is 44.2 Å². The molecule has 3 fully saturated rings. The Bertz CT molecular complexity index is 773. The van der Waals surface area contributed by atoms with Gasteiger partial charge in [0, 0.05) is 12.3 Å². The lowest BCUT2D eigenvalue weighted by atomic mass is 9.75. The van der Waals surface area contributed by atoms with Crippen molar-refractivity contribution in [2.75, 3.05) is 6.61 Å². The number of hydrogen-bond donors (Lipinski definition) is 4. The van der Waals surface area contributed by atoms with Gasteiger partial charge in [-0.15, -0.1) is 0 Å². The Morgan fingerprint density at radius 2 is 1.62 bits per heavy atom. The Labute approximate surface area is 138 Å². The summed E-state index contributed by atoms with van der Waals surface area (Å²) in [6.07, 6.45) is -3.42. The van der Waals surface area contributed by atoms with E-state index in [9.17, 15) is 25.3 Å². The lowest BCUT2D eigenvalue weighted by Gasteiger charge is -2.49. The van der Waals surface area contributed by atoms with Crippen molar-refractivity contribution >= 4 is 31.1 Å². The molecular formula is C8H15NO12S3. The van der Waals surface area contributed by atoms with Crippen LogP contribution in [0.1, 0.15) is 12.8 Å². The first kappa shape index (κ1) is 19.9. The van der Waals surface area contributed by atoms with E-state index in [1.54, 1.807) is 0 Å². The summed E-state index contributed by atoms with van der Waals surface area (Å²) in [5, 5.41) is 0. The van der Waals surface area contributed by atoms with E-state index in [0.29, 0.717) is 0 Å². The van der Waals surface area contributed by atoms with Gasteiger partial charge in [0.2, 0.25) is 0 Å². The molecule has 5 unspecified atom stereocenters. The molecule has 142 valence electrons. The first-order valence-electron chi connectivity index (χ1n) is 6.41. The summed E-state index contributed by atoms with van der Waals surface area (Å²) in [5.41, 5.74) is 0. The van der Waals surface area contributed by atoms with Gasteiger partial charge in [-0.3, -0.25) is 13.7 Å². The molecule has 0 aromatic heterocycles. The Balaban J connectivity index is 2.16. The van der Waals surface area contributed by atoms with Gasteiger partial charge in [0.1, 0.15) is 0 Å². The van der Waals surface area contributed by atoms with Crippen LogP contribution in [0.2, 0.25) is 0 Å². The van der Waals surface area contributed by atoms with Crippen molar-refractivity contribution < 1.29 is 52.0 Å². The molecule has 5 atom stereocenters. The quantitative estimate of drug-likeness (QED) is 0.332. The molecule has 3 aliphatic rings. The summed E-state index contributed by atoms with van der Waals surface area (Å²) in [6, 6.07) is -0.923. The smallest absolute Gasteiger partial charge is 0.370 e. The van der Waals surface area contributed by atoms with Crippen LogP contribution in [0, 0.1) is 5.92 Å². The molecule has 4 N–H and O–H groups in total.